The molecule has 134 heavy (non-hydrogen) atoms. The van der Waals surface area contributed by atoms with Gasteiger partial charge in [-0.05, 0) is 184 Å². The number of alkyl halides is 3. The van der Waals surface area contributed by atoms with Crippen LogP contribution < -0.4 is 0 Å². The molecule has 0 amide bonds. The second-order valence-electron chi connectivity index (χ2n) is 36.7. The molecule has 24 nitrogen and oxygen atoms in total. The van der Waals surface area contributed by atoms with E-state index in [4.69, 9.17) is 33.2 Å². The zero-order valence-corrected chi connectivity index (χ0v) is 82.3. The number of allylic oxidation sites excluding steroid dienone is 4. The molecule has 4 atom stereocenters. The number of carbonyl (C=O) groups excluding carboxylic acids is 4. The number of aryl methyl sites for hydroxylation is 8. The van der Waals surface area contributed by atoms with Crippen molar-refractivity contribution in [3.05, 3.63) is 283 Å². The van der Waals surface area contributed by atoms with Crippen molar-refractivity contribution in [2.45, 2.75) is 279 Å². The first-order valence-electron chi connectivity index (χ1n) is 44.7. The zero-order chi connectivity index (χ0) is 99.7. The fourth-order valence-electron chi connectivity index (χ4n) is 13.6. The van der Waals surface area contributed by atoms with Crippen molar-refractivity contribution < 1.29 is 70.2 Å². The van der Waals surface area contributed by atoms with Crippen LogP contribution in [0.5, 0.6) is 0 Å². The topological polar surface area (TPSA) is 309 Å². The second kappa shape index (κ2) is 46.8. The Morgan fingerprint density at radius 2 is 0.582 bits per heavy atom. The van der Waals surface area contributed by atoms with E-state index in [0.29, 0.717) is 112 Å². The average molecular weight is 1830 g/mol. The Morgan fingerprint density at radius 3 is 0.821 bits per heavy atom. The molecule has 4 heterocycles. The summed E-state index contributed by atoms with van der Waals surface area (Å²) in [6.45, 7) is 54.6. The Hall–Kier alpha value is -14.1. The second-order valence-corrected chi connectivity index (χ2v) is 36.7. The van der Waals surface area contributed by atoms with Crippen molar-refractivity contribution in [3.63, 3.8) is 0 Å². The number of nitrogens with zero attached hydrogens (tertiary/aromatic N) is 12. The maximum Gasteiger partial charge on any atom is 0.491 e. The van der Waals surface area contributed by atoms with Crippen molar-refractivity contribution in [1.29, 1.82) is 21.0 Å². The summed E-state index contributed by atoms with van der Waals surface area (Å²) in [5.74, 6) is -2.65. The smallest absolute Gasteiger partial charge is 0.451 e. The molecule has 10 aromatic rings. The van der Waals surface area contributed by atoms with E-state index in [9.17, 15) is 53.4 Å². The van der Waals surface area contributed by atoms with Gasteiger partial charge in [-0.15, -0.1) is 0 Å². The Bertz CT molecular complexity index is 6000. The predicted molar refractivity (Wildman–Crippen MR) is 513 cm³/mol. The molecule has 27 heteroatoms. The summed E-state index contributed by atoms with van der Waals surface area (Å²) >= 11 is 0. The highest BCUT2D eigenvalue weighted by Gasteiger charge is 2.43. The number of hydrogen-bond donors (Lipinski definition) is 0. The van der Waals surface area contributed by atoms with E-state index < -0.39 is 54.7 Å². The van der Waals surface area contributed by atoms with E-state index in [2.05, 4.69) is 132 Å². The minimum atomic E-state index is -5.16. The van der Waals surface area contributed by atoms with Gasteiger partial charge in [-0.3, -0.25) is 28.3 Å². The van der Waals surface area contributed by atoms with Crippen LogP contribution in [0.4, 0.5) is 13.2 Å². The van der Waals surface area contributed by atoms with E-state index in [-0.39, 0.29) is 45.4 Å². The number of aromatic nitrogens is 8. The third-order valence-electron chi connectivity index (χ3n) is 21.4. The van der Waals surface area contributed by atoms with Crippen molar-refractivity contribution >= 4 is 69.2 Å². The van der Waals surface area contributed by atoms with Crippen molar-refractivity contribution in [1.82, 2.24) is 39.1 Å². The molecule has 0 aliphatic heterocycles. The van der Waals surface area contributed by atoms with Gasteiger partial charge in [0.1, 0.15) is 69.3 Å². The summed E-state index contributed by atoms with van der Waals surface area (Å²) in [5, 5.41) is 58.3. The largest absolute Gasteiger partial charge is 0.491 e. The molecule has 4 aromatic heterocycles. The first-order valence-corrected chi connectivity index (χ1v) is 44.7. The third kappa shape index (κ3) is 29.7. The van der Waals surface area contributed by atoms with Gasteiger partial charge in [-0.25, -0.2) is 9.59 Å². The van der Waals surface area contributed by atoms with Crippen LogP contribution in [0.2, 0.25) is 0 Å². The number of ether oxygens (including phenoxy) is 8. The monoisotopic (exact) mass is 1830 g/mol. The highest BCUT2D eigenvalue weighted by Crippen LogP contribution is 2.39. The van der Waals surface area contributed by atoms with Crippen LogP contribution in [0.25, 0.3) is 45.3 Å². The molecule has 0 saturated heterocycles. The molecule has 6 aromatic carbocycles. The normalized spacial score (nSPS) is 13.3. The molecule has 4 unspecified atom stereocenters. The lowest BCUT2D eigenvalue weighted by atomic mass is 9.86. The van der Waals surface area contributed by atoms with Crippen LogP contribution in [0, 0.1) is 78.4 Å². The van der Waals surface area contributed by atoms with Crippen LogP contribution in [0.15, 0.2) is 182 Å². The minimum Gasteiger partial charge on any atom is -0.451 e. The van der Waals surface area contributed by atoms with Gasteiger partial charge in [0.05, 0.1) is 40.2 Å². The van der Waals surface area contributed by atoms with E-state index in [1.54, 1.807) is 88.9 Å². The molecule has 0 aliphatic rings. The Balaban J connectivity index is 0.000000244. The lowest BCUT2D eigenvalue weighted by Crippen LogP contribution is -2.30. The number of benzene rings is 6. The van der Waals surface area contributed by atoms with Gasteiger partial charge in [0, 0.05) is 53.9 Å². The Morgan fingerprint density at radius 1 is 0.336 bits per heavy atom. The van der Waals surface area contributed by atoms with Crippen molar-refractivity contribution in [2.75, 3.05) is 0 Å². The third-order valence-corrected chi connectivity index (χ3v) is 21.4. The van der Waals surface area contributed by atoms with Gasteiger partial charge in [-0.1, -0.05) is 236 Å². The van der Waals surface area contributed by atoms with E-state index >= 15 is 0 Å². The maximum absolute atomic E-state index is 12.6. The quantitative estimate of drug-likeness (QED) is 0.0138. The molecule has 0 fully saturated rings. The molecule has 0 aliphatic carbocycles. The summed E-state index contributed by atoms with van der Waals surface area (Å²) in [7, 11) is 0. The standard InChI is InChI=1S/C29H33N3O3.C28H31N3O3.C27H37N3O3.C23H26F3N3O3/c1-7-32-26(17-20(2)31-32)28(25(19-30)23-13-15-24(16-14-23)29(4,5)6)35-21(3)34-27(33)18-22-11-9-8-10-12-22;1-7-31-25(17-19(2)30-31)26(33-20(3)34-27(32)22-11-9-8-10-12-22)24(18-29)21-13-15-23(16-14-21)28(4,5)6;1-10-27(8,9)25(31)33-19(4)32-24(23-16-18(3)29-30(23)11-2)22(17-28)20-12-14-21(15-13-20)26(5,6)7;1-7-29-19(12-14(2)28-29)20(31-15(3)32-21(30)23(24,25)26)18(13-27)16-8-10-17(11-9-16)22(4,5)6/h8-17,21H,7,18H2,1-6H3;8-17,20H,7H2,1-6H3;12-16,19H,10-11H2,1-9H3;8-12,15H,7H2,1-6H3/b28-25-;26-24-;24-22-;20-18-. The molecule has 0 radical (unpaired) electrons. The maximum atomic E-state index is 12.6. The fraction of sp³-hybridized carbons (Fsp3) is 0.402. The van der Waals surface area contributed by atoms with Gasteiger partial charge >= 0.3 is 30.1 Å². The Labute approximate surface area is 787 Å². The number of rotatable bonds is 29. The number of halogens is 3. The predicted octanol–water partition coefficient (Wildman–Crippen LogP) is 23.8. The van der Waals surface area contributed by atoms with E-state index in [0.717, 1.165) is 51.8 Å². The fourth-order valence-corrected chi connectivity index (χ4v) is 13.6. The van der Waals surface area contributed by atoms with Crippen LogP contribution in [-0.2, 0) is 107 Å². The zero-order valence-electron chi connectivity index (χ0n) is 82.3. The van der Waals surface area contributed by atoms with Crippen molar-refractivity contribution in [3.8, 4) is 24.3 Å². The Kier molecular flexibility index (Phi) is 37.4. The summed E-state index contributed by atoms with van der Waals surface area (Å²) < 4.78 is 89.9. The average Bonchev–Trinajstić information content (AvgIpc) is 1.48. The highest BCUT2D eigenvalue weighted by atomic mass is 19.4. The molecule has 0 N–H and O–H groups in total. The first-order chi connectivity index (χ1) is 62.9. The number of nitriles is 4. The molecule has 0 saturated carbocycles. The number of esters is 4. The van der Waals surface area contributed by atoms with Crippen LogP contribution in [0.1, 0.15) is 272 Å². The summed E-state index contributed by atoms with van der Waals surface area (Å²) in [6, 6.07) is 65.3. The van der Waals surface area contributed by atoms with Crippen LogP contribution in [0.3, 0.4) is 0 Å². The summed E-state index contributed by atoms with van der Waals surface area (Å²) in [5.41, 5.74) is 14.3. The van der Waals surface area contributed by atoms with E-state index in [1.165, 1.54) is 11.1 Å². The van der Waals surface area contributed by atoms with Gasteiger partial charge in [-0.2, -0.15) is 54.6 Å². The number of carbonyl (C=O) groups is 4. The van der Waals surface area contributed by atoms with Crippen molar-refractivity contribution in [2.24, 2.45) is 5.41 Å². The number of hydrogen-bond acceptors (Lipinski definition) is 20. The van der Waals surface area contributed by atoms with Crippen LogP contribution in [-0.4, -0.2) is 94.3 Å². The molecule has 708 valence electrons. The van der Waals surface area contributed by atoms with Gasteiger partial charge < -0.3 is 37.9 Å². The SMILES string of the molecule is CCn1nc(C)cc1/C(OC(C)OC(=O)C(C)(C)CC)=C(\C#N)c1ccc(C(C)(C)C)cc1.CCn1nc(C)cc1/C(OC(C)OC(=O)C(F)(F)F)=C(\C#N)c1ccc(C(C)(C)C)cc1.CCn1nc(C)cc1/C(OC(C)OC(=O)Cc1ccccc1)=C(\C#N)c1ccc(C(C)(C)C)cc1.CCn1nc(C)cc1/C(OC(C)OC(=O)c1ccccc1)=C(\C#N)c1ccc(C(C)(C)C)cc1. The van der Waals surface area contributed by atoms with Gasteiger partial charge in [0.25, 0.3) is 0 Å². The van der Waals surface area contributed by atoms with E-state index in [1.807, 2.05) is 209 Å². The van der Waals surface area contributed by atoms with Gasteiger partial charge in [0.2, 0.25) is 25.2 Å². The molecule has 0 spiro atoms. The lowest BCUT2D eigenvalue weighted by Gasteiger charge is -2.25. The lowest BCUT2D eigenvalue weighted by molar-refractivity contribution is -0.216. The molecular formula is C107H127F3N12O12. The minimum absolute atomic E-state index is 0.00111. The van der Waals surface area contributed by atoms with Gasteiger partial charge in [0.15, 0.2) is 23.0 Å². The first kappa shape index (κ1) is 107. The molecule has 10 rings (SSSR count). The molecular weight excluding hydrogens is 1700 g/mol. The summed E-state index contributed by atoms with van der Waals surface area (Å²) in [4.78, 5) is 48.9. The molecule has 0 bridgehead atoms. The summed E-state index contributed by atoms with van der Waals surface area (Å²) in [6.07, 6.45) is -8.69. The van der Waals surface area contributed by atoms with Crippen LogP contribution >= 0.6 is 0 Å². The highest BCUT2D eigenvalue weighted by molar-refractivity contribution is 5.97.